The van der Waals surface area contributed by atoms with E-state index in [1.807, 2.05) is 47.1 Å². The second-order valence-electron chi connectivity index (χ2n) is 9.68. The molecule has 2 aliphatic carbocycles. The molecule has 2 aromatic carbocycles. The Labute approximate surface area is 200 Å². The molecule has 5 rings (SSSR count). The molecule has 0 saturated heterocycles. The van der Waals surface area contributed by atoms with Crippen molar-refractivity contribution in [2.24, 2.45) is 5.92 Å². The van der Waals surface area contributed by atoms with Crippen molar-refractivity contribution < 1.29 is 9.90 Å². The number of nitrogens with one attached hydrogen (secondary N) is 1. The van der Waals surface area contributed by atoms with Crippen LogP contribution < -0.4 is 5.32 Å². The van der Waals surface area contributed by atoms with Gasteiger partial charge in [0.2, 0.25) is 5.91 Å². The van der Waals surface area contributed by atoms with Gasteiger partial charge in [0.1, 0.15) is 0 Å². The van der Waals surface area contributed by atoms with Crippen molar-refractivity contribution in [1.29, 1.82) is 0 Å². The largest absolute Gasteiger partial charge is 0.393 e. The van der Waals surface area contributed by atoms with Crippen LogP contribution in [0.1, 0.15) is 69.4 Å². The molecule has 2 fully saturated rings. The molecule has 1 atom stereocenters. The number of aliphatic hydroxyl groups is 1. The van der Waals surface area contributed by atoms with E-state index in [1.54, 1.807) is 0 Å². The molecule has 0 radical (unpaired) electrons. The Morgan fingerprint density at radius 3 is 2.39 bits per heavy atom. The summed E-state index contributed by atoms with van der Waals surface area (Å²) < 4.78 is 1.96. The molecule has 5 nitrogen and oxygen atoms in total. The van der Waals surface area contributed by atoms with E-state index in [0.29, 0.717) is 10.9 Å². The molecule has 1 heterocycles. The van der Waals surface area contributed by atoms with E-state index in [4.69, 9.17) is 16.7 Å². The molecule has 174 valence electrons. The molecule has 3 aromatic rings. The van der Waals surface area contributed by atoms with Gasteiger partial charge in [-0.2, -0.15) is 5.10 Å². The maximum atomic E-state index is 13.9. The van der Waals surface area contributed by atoms with Gasteiger partial charge < -0.3 is 10.4 Å². The van der Waals surface area contributed by atoms with Gasteiger partial charge >= 0.3 is 0 Å². The zero-order valence-electron chi connectivity index (χ0n) is 18.9. The van der Waals surface area contributed by atoms with Gasteiger partial charge in [-0.1, -0.05) is 49.1 Å². The number of hydrogen-bond donors (Lipinski definition) is 2. The highest BCUT2D eigenvalue weighted by molar-refractivity contribution is 6.30. The maximum Gasteiger partial charge on any atom is 0.229 e. The van der Waals surface area contributed by atoms with E-state index in [9.17, 15) is 9.90 Å². The van der Waals surface area contributed by atoms with Crippen LogP contribution in [0.3, 0.4) is 0 Å². The Bertz CT molecular complexity index is 1100. The van der Waals surface area contributed by atoms with Crippen LogP contribution in [0, 0.1) is 5.92 Å². The average Bonchev–Trinajstić information content (AvgIpc) is 3.21. The first kappa shape index (κ1) is 22.4. The maximum absolute atomic E-state index is 13.9. The SMILES string of the molecule is O=C(NC1CCC(O)CC1)C(c1c2ccccc2nn1-c1ccc(Cl)cc1)C1CCCCC1. The van der Waals surface area contributed by atoms with Crippen LogP contribution in [0.25, 0.3) is 16.6 Å². The summed E-state index contributed by atoms with van der Waals surface area (Å²) in [6, 6.07) is 15.9. The normalized spacial score (nSPS) is 22.8. The monoisotopic (exact) mass is 465 g/mol. The van der Waals surface area contributed by atoms with Crippen LogP contribution in [-0.4, -0.2) is 32.9 Å². The Balaban J connectivity index is 1.58. The highest BCUT2D eigenvalue weighted by Crippen LogP contribution is 2.40. The standard InChI is InChI=1S/C27H32ClN3O2/c28-19-10-14-21(15-11-19)31-26(23-8-4-5-9-24(23)30-31)25(18-6-2-1-3-7-18)27(33)29-20-12-16-22(32)17-13-20/h4-5,8-11,14-15,18,20,22,25,32H,1-3,6-7,12-13,16-17H2,(H,29,33). The zero-order chi connectivity index (χ0) is 22.8. The number of carbonyl (C=O) groups is 1. The molecule has 2 N–H and O–H groups in total. The van der Waals surface area contributed by atoms with Crippen LogP contribution >= 0.6 is 11.6 Å². The summed E-state index contributed by atoms with van der Waals surface area (Å²) >= 11 is 6.16. The topological polar surface area (TPSA) is 67.2 Å². The fourth-order valence-corrected chi connectivity index (χ4v) is 5.80. The smallest absolute Gasteiger partial charge is 0.229 e. The summed E-state index contributed by atoms with van der Waals surface area (Å²) in [6.45, 7) is 0. The molecule has 1 unspecified atom stereocenters. The minimum atomic E-state index is -0.264. The summed E-state index contributed by atoms with van der Waals surface area (Å²) in [4.78, 5) is 13.9. The van der Waals surface area contributed by atoms with Gasteiger partial charge in [-0.3, -0.25) is 4.79 Å². The van der Waals surface area contributed by atoms with E-state index in [-0.39, 0.29) is 24.0 Å². The Morgan fingerprint density at radius 2 is 1.67 bits per heavy atom. The van der Waals surface area contributed by atoms with Gasteiger partial charge in [-0.05, 0) is 74.8 Å². The predicted molar refractivity (Wildman–Crippen MR) is 132 cm³/mol. The van der Waals surface area contributed by atoms with Gasteiger partial charge in [-0.15, -0.1) is 0 Å². The van der Waals surface area contributed by atoms with Crippen molar-refractivity contribution in [3.63, 3.8) is 0 Å². The number of benzene rings is 2. The van der Waals surface area contributed by atoms with Crippen molar-refractivity contribution in [3.8, 4) is 5.69 Å². The average molecular weight is 466 g/mol. The highest BCUT2D eigenvalue weighted by atomic mass is 35.5. The van der Waals surface area contributed by atoms with Gasteiger partial charge in [0, 0.05) is 16.5 Å². The lowest BCUT2D eigenvalue weighted by atomic mass is 9.77. The number of halogens is 1. The van der Waals surface area contributed by atoms with E-state index < -0.39 is 0 Å². The molecule has 1 amide bonds. The number of carbonyl (C=O) groups excluding carboxylic acids is 1. The van der Waals surface area contributed by atoms with Crippen LogP contribution in [0.15, 0.2) is 48.5 Å². The summed E-state index contributed by atoms with van der Waals surface area (Å²) in [5.74, 6) is 0.128. The van der Waals surface area contributed by atoms with Crippen LogP contribution in [0.4, 0.5) is 0 Å². The van der Waals surface area contributed by atoms with E-state index in [0.717, 1.165) is 73.7 Å². The molecule has 0 spiro atoms. The second kappa shape index (κ2) is 9.86. The minimum absolute atomic E-state index is 0.101. The van der Waals surface area contributed by atoms with Crippen molar-refractivity contribution in [2.75, 3.05) is 0 Å². The number of aromatic nitrogens is 2. The molecular formula is C27H32ClN3O2. The van der Waals surface area contributed by atoms with Crippen molar-refractivity contribution in [3.05, 3.63) is 59.2 Å². The highest BCUT2D eigenvalue weighted by Gasteiger charge is 2.36. The third kappa shape index (κ3) is 4.80. The molecular weight excluding hydrogens is 434 g/mol. The molecule has 33 heavy (non-hydrogen) atoms. The molecule has 6 heteroatoms. The van der Waals surface area contributed by atoms with Gasteiger partial charge in [0.15, 0.2) is 0 Å². The third-order valence-corrected chi connectivity index (χ3v) is 7.68. The molecule has 1 aromatic heterocycles. The minimum Gasteiger partial charge on any atom is -0.393 e. The van der Waals surface area contributed by atoms with E-state index in [2.05, 4.69) is 11.4 Å². The number of hydrogen-bond acceptors (Lipinski definition) is 3. The predicted octanol–water partition coefficient (Wildman–Crippen LogP) is 5.76. The fourth-order valence-electron chi connectivity index (χ4n) is 5.67. The first-order valence-electron chi connectivity index (χ1n) is 12.3. The lowest BCUT2D eigenvalue weighted by Gasteiger charge is -2.33. The Hall–Kier alpha value is -2.37. The van der Waals surface area contributed by atoms with Gasteiger partial charge in [0.05, 0.1) is 28.9 Å². The number of aliphatic hydroxyl groups excluding tert-OH is 1. The molecule has 0 bridgehead atoms. The summed E-state index contributed by atoms with van der Waals surface area (Å²) in [6.07, 6.45) is 8.63. The van der Waals surface area contributed by atoms with Gasteiger partial charge in [-0.25, -0.2) is 4.68 Å². The van der Waals surface area contributed by atoms with Crippen LogP contribution in [-0.2, 0) is 4.79 Å². The lowest BCUT2D eigenvalue weighted by molar-refractivity contribution is -0.125. The van der Waals surface area contributed by atoms with Crippen molar-refractivity contribution in [2.45, 2.75) is 75.9 Å². The molecule has 2 aliphatic rings. The Kier molecular flexibility index (Phi) is 6.70. The van der Waals surface area contributed by atoms with E-state index in [1.165, 1.54) is 6.42 Å². The van der Waals surface area contributed by atoms with Crippen molar-refractivity contribution in [1.82, 2.24) is 15.1 Å². The van der Waals surface area contributed by atoms with Crippen molar-refractivity contribution >= 4 is 28.4 Å². The third-order valence-electron chi connectivity index (χ3n) is 7.43. The summed E-state index contributed by atoms with van der Waals surface area (Å²) in [7, 11) is 0. The van der Waals surface area contributed by atoms with Gasteiger partial charge in [0.25, 0.3) is 0 Å². The lowest BCUT2D eigenvalue weighted by Crippen LogP contribution is -2.43. The second-order valence-corrected chi connectivity index (χ2v) is 10.1. The number of rotatable bonds is 5. The zero-order valence-corrected chi connectivity index (χ0v) is 19.7. The number of fused-ring (bicyclic) bond motifs is 1. The summed E-state index contributed by atoms with van der Waals surface area (Å²) in [5, 5.41) is 19.9. The quantitative estimate of drug-likeness (QED) is 0.503. The van der Waals surface area contributed by atoms with Crippen LogP contribution in [0.5, 0.6) is 0 Å². The summed E-state index contributed by atoms with van der Waals surface area (Å²) in [5.41, 5.74) is 2.80. The molecule has 0 aliphatic heterocycles. The Morgan fingerprint density at radius 1 is 0.970 bits per heavy atom. The first-order chi connectivity index (χ1) is 16.1. The molecule has 2 saturated carbocycles. The van der Waals surface area contributed by atoms with Crippen LogP contribution in [0.2, 0.25) is 5.02 Å². The fraction of sp³-hybridized carbons (Fsp3) is 0.481. The van der Waals surface area contributed by atoms with E-state index >= 15 is 0 Å². The first-order valence-corrected chi connectivity index (χ1v) is 12.7. The number of amides is 1. The number of nitrogens with zero attached hydrogens (tertiary/aromatic N) is 2.